The van der Waals surface area contributed by atoms with E-state index >= 15 is 4.39 Å². The van der Waals surface area contributed by atoms with Gasteiger partial charge in [-0.25, -0.2) is 22.8 Å². The van der Waals surface area contributed by atoms with Crippen molar-refractivity contribution in [2.45, 2.75) is 4.90 Å². The zero-order valence-corrected chi connectivity index (χ0v) is 19.0. The first-order chi connectivity index (χ1) is 15.7. The van der Waals surface area contributed by atoms with Crippen LogP contribution in [0.4, 0.5) is 4.39 Å². The van der Waals surface area contributed by atoms with Crippen LogP contribution in [-0.2, 0) is 10.0 Å². The smallest absolute Gasteiger partial charge is 0.243 e. The number of hydrogen-bond donors (Lipinski definition) is 3. The molecule has 1 saturated heterocycles. The van der Waals surface area contributed by atoms with E-state index in [1.165, 1.54) is 22.6 Å². The SMILES string of the molecule is O=S(=O)(c1ccccc1-c1ccc(-c2cnc3[nH]ccc3n2)c(F)c1)N1CCS(O)(O)CC1. The fourth-order valence-electron chi connectivity index (χ4n) is 3.87. The molecule has 0 radical (unpaired) electrons. The highest BCUT2D eigenvalue weighted by atomic mass is 32.3. The van der Waals surface area contributed by atoms with Gasteiger partial charge in [-0.15, -0.1) is 0 Å². The minimum Gasteiger partial charge on any atom is -0.345 e. The molecule has 2 aromatic heterocycles. The number of sulfonamides is 1. The van der Waals surface area contributed by atoms with Crippen molar-refractivity contribution in [3.63, 3.8) is 0 Å². The number of nitrogens with one attached hydrogen (secondary N) is 1. The molecule has 172 valence electrons. The van der Waals surface area contributed by atoms with Crippen molar-refractivity contribution in [3.8, 4) is 22.4 Å². The average Bonchev–Trinajstić information content (AvgIpc) is 3.27. The highest BCUT2D eigenvalue weighted by molar-refractivity contribution is 8.24. The Morgan fingerprint density at radius 3 is 2.55 bits per heavy atom. The number of benzene rings is 2. The lowest BCUT2D eigenvalue weighted by Crippen LogP contribution is -2.42. The normalized spacial score (nSPS) is 17.8. The topological polar surface area (TPSA) is 119 Å². The lowest BCUT2D eigenvalue weighted by molar-refractivity contribution is 0.402. The minimum absolute atomic E-state index is 0.00421. The molecule has 0 spiro atoms. The molecule has 1 aliphatic rings. The summed E-state index contributed by atoms with van der Waals surface area (Å²) in [6, 6.07) is 12.7. The maximum atomic E-state index is 15.1. The van der Waals surface area contributed by atoms with Gasteiger partial charge in [0, 0.05) is 30.4 Å². The van der Waals surface area contributed by atoms with Gasteiger partial charge in [0.05, 0.1) is 28.3 Å². The number of H-pyrrole nitrogens is 1. The second kappa shape index (κ2) is 8.19. The molecule has 5 rings (SSSR count). The fourth-order valence-corrected chi connectivity index (χ4v) is 6.99. The molecule has 11 heteroatoms. The van der Waals surface area contributed by atoms with E-state index in [1.54, 1.807) is 42.6 Å². The second-order valence-electron chi connectivity index (χ2n) is 7.77. The predicted octanol–water partition coefficient (Wildman–Crippen LogP) is 4.19. The molecule has 3 N–H and O–H groups in total. The Bertz CT molecular complexity index is 1450. The van der Waals surface area contributed by atoms with E-state index in [0.29, 0.717) is 28.0 Å². The Morgan fingerprint density at radius 1 is 1.03 bits per heavy atom. The van der Waals surface area contributed by atoms with E-state index in [0.717, 1.165) is 0 Å². The zero-order valence-electron chi connectivity index (χ0n) is 17.3. The molecule has 0 amide bonds. The molecule has 8 nitrogen and oxygen atoms in total. The molecule has 0 atom stereocenters. The summed E-state index contributed by atoms with van der Waals surface area (Å²) in [7, 11) is -6.64. The quantitative estimate of drug-likeness (QED) is 0.396. The molecule has 4 aromatic rings. The third kappa shape index (κ3) is 4.13. The third-order valence-corrected chi connectivity index (χ3v) is 9.29. The first-order valence-corrected chi connectivity index (χ1v) is 13.5. The molecule has 0 unspecified atom stereocenters. The average molecular weight is 489 g/mol. The fraction of sp³-hybridized carbons (Fsp3) is 0.182. The summed E-state index contributed by atoms with van der Waals surface area (Å²) in [6.07, 6.45) is 3.19. The number of aromatic amines is 1. The van der Waals surface area contributed by atoms with Gasteiger partial charge >= 0.3 is 0 Å². The van der Waals surface area contributed by atoms with Crippen molar-refractivity contribution < 1.29 is 21.9 Å². The molecule has 3 heterocycles. The first-order valence-electron chi connectivity index (χ1n) is 10.2. The maximum Gasteiger partial charge on any atom is 0.243 e. The summed E-state index contributed by atoms with van der Waals surface area (Å²) < 4.78 is 62.7. The van der Waals surface area contributed by atoms with Gasteiger partial charge in [-0.1, -0.05) is 24.3 Å². The van der Waals surface area contributed by atoms with Crippen molar-refractivity contribution in [3.05, 3.63) is 66.7 Å². The van der Waals surface area contributed by atoms with E-state index in [-0.39, 0.29) is 35.1 Å². The number of hydrogen-bond acceptors (Lipinski definition) is 6. The Labute approximate surface area is 191 Å². The van der Waals surface area contributed by atoms with Gasteiger partial charge in [0.15, 0.2) is 5.65 Å². The lowest BCUT2D eigenvalue weighted by atomic mass is 10.0. The molecule has 0 saturated carbocycles. The van der Waals surface area contributed by atoms with Gasteiger partial charge in [-0.3, -0.25) is 9.11 Å². The molecular weight excluding hydrogens is 467 g/mol. The number of rotatable bonds is 4. The van der Waals surface area contributed by atoms with Crippen LogP contribution < -0.4 is 0 Å². The number of halogens is 1. The van der Waals surface area contributed by atoms with E-state index in [2.05, 4.69) is 15.0 Å². The van der Waals surface area contributed by atoms with Crippen molar-refractivity contribution in [2.24, 2.45) is 0 Å². The molecule has 33 heavy (non-hydrogen) atoms. The standard InChI is InChI=1S/C22H21FN4O4S2/c23-18-13-15(5-6-17(18)20-14-25-22-19(26-20)7-8-24-22)16-3-1-2-4-21(16)33(30,31)27-9-11-32(28,29)12-10-27/h1-8,13-14,28-29H,9-12H2,(H,24,25). The number of nitrogens with zero attached hydrogens (tertiary/aromatic N) is 3. The number of aromatic nitrogens is 3. The summed E-state index contributed by atoms with van der Waals surface area (Å²) >= 11 is 0. The van der Waals surface area contributed by atoms with Crippen molar-refractivity contribution in [1.29, 1.82) is 0 Å². The largest absolute Gasteiger partial charge is 0.345 e. The van der Waals surface area contributed by atoms with Crippen molar-refractivity contribution in [1.82, 2.24) is 19.3 Å². The van der Waals surface area contributed by atoms with E-state index in [4.69, 9.17) is 0 Å². The van der Waals surface area contributed by atoms with Crippen LogP contribution in [0.2, 0.25) is 0 Å². The van der Waals surface area contributed by atoms with Crippen LogP contribution in [0.3, 0.4) is 0 Å². The molecule has 0 aliphatic carbocycles. The predicted molar refractivity (Wildman–Crippen MR) is 126 cm³/mol. The van der Waals surface area contributed by atoms with Crippen LogP contribution in [-0.4, -0.2) is 61.4 Å². The van der Waals surface area contributed by atoms with Crippen molar-refractivity contribution >= 4 is 31.8 Å². The van der Waals surface area contributed by atoms with Crippen LogP contribution in [0.1, 0.15) is 0 Å². The van der Waals surface area contributed by atoms with Gasteiger partial charge in [0.25, 0.3) is 0 Å². The molecule has 1 fully saturated rings. The van der Waals surface area contributed by atoms with Crippen LogP contribution in [0.5, 0.6) is 0 Å². The summed E-state index contributed by atoms with van der Waals surface area (Å²) in [5.74, 6) is -0.537. The Hall–Kier alpha value is -2.83. The Morgan fingerprint density at radius 2 is 1.79 bits per heavy atom. The number of fused-ring (bicyclic) bond motifs is 1. The minimum atomic E-state index is -3.91. The van der Waals surface area contributed by atoms with Crippen molar-refractivity contribution in [2.75, 3.05) is 24.6 Å². The van der Waals surface area contributed by atoms with Gasteiger partial charge in [0.2, 0.25) is 10.0 Å². The monoisotopic (exact) mass is 488 g/mol. The summed E-state index contributed by atoms with van der Waals surface area (Å²) in [6.45, 7) is 0.0409. The summed E-state index contributed by atoms with van der Waals surface area (Å²) in [5.41, 5.74) is 2.63. The molecule has 0 bridgehead atoms. The van der Waals surface area contributed by atoms with E-state index < -0.39 is 26.4 Å². The van der Waals surface area contributed by atoms with E-state index in [1.807, 2.05) is 0 Å². The van der Waals surface area contributed by atoms with Gasteiger partial charge in [0.1, 0.15) is 11.3 Å². The van der Waals surface area contributed by atoms with Gasteiger partial charge in [-0.05, 0) is 29.8 Å². The van der Waals surface area contributed by atoms with Crippen LogP contribution in [0, 0.1) is 5.82 Å². The molecular formula is C22H21FN4O4S2. The van der Waals surface area contributed by atoms with Crippen LogP contribution in [0.25, 0.3) is 33.5 Å². The van der Waals surface area contributed by atoms with Crippen LogP contribution >= 0.6 is 10.6 Å². The Kier molecular flexibility index (Phi) is 5.46. The van der Waals surface area contributed by atoms with E-state index in [9.17, 15) is 17.5 Å². The third-order valence-electron chi connectivity index (χ3n) is 5.66. The second-order valence-corrected chi connectivity index (χ2v) is 12.1. The van der Waals surface area contributed by atoms with Crippen LogP contribution in [0.15, 0.2) is 65.8 Å². The lowest BCUT2D eigenvalue weighted by Gasteiger charge is -2.40. The molecule has 1 aliphatic heterocycles. The van der Waals surface area contributed by atoms with Gasteiger partial charge in [-0.2, -0.15) is 14.9 Å². The summed E-state index contributed by atoms with van der Waals surface area (Å²) in [4.78, 5) is 11.7. The first kappa shape index (κ1) is 22.0. The Balaban J connectivity index is 1.51. The summed E-state index contributed by atoms with van der Waals surface area (Å²) in [5, 5.41) is 0. The molecule has 2 aromatic carbocycles. The van der Waals surface area contributed by atoms with Gasteiger partial charge < -0.3 is 4.98 Å². The zero-order chi connectivity index (χ0) is 23.2. The maximum absolute atomic E-state index is 15.1. The highest BCUT2D eigenvalue weighted by Crippen LogP contribution is 2.42. The highest BCUT2D eigenvalue weighted by Gasteiger charge is 2.33.